The van der Waals surface area contributed by atoms with Gasteiger partial charge < -0.3 is 20.5 Å². The van der Waals surface area contributed by atoms with Crippen LogP contribution in [0.4, 0.5) is 0 Å². The lowest BCUT2D eigenvalue weighted by atomic mass is 9.96. The van der Waals surface area contributed by atoms with Crippen LogP contribution >= 0.6 is 11.6 Å². The summed E-state index contributed by atoms with van der Waals surface area (Å²) in [7, 11) is 1.65. The molecule has 0 saturated carbocycles. The van der Waals surface area contributed by atoms with Crippen molar-refractivity contribution in [3.63, 3.8) is 0 Å². The average molecular weight is 462 g/mol. The van der Waals surface area contributed by atoms with Gasteiger partial charge in [-0.05, 0) is 42.5 Å². The van der Waals surface area contributed by atoms with Crippen molar-refractivity contribution in [3.8, 4) is 0 Å². The lowest BCUT2D eigenvalue weighted by Crippen LogP contribution is -2.49. The summed E-state index contributed by atoms with van der Waals surface area (Å²) in [4.78, 5) is 23.7. The van der Waals surface area contributed by atoms with Crippen LogP contribution in [0.2, 0.25) is 5.02 Å². The van der Waals surface area contributed by atoms with Crippen LogP contribution in [0.3, 0.4) is 0 Å². The van der Waals surface area contributed by atoms with E-state index in [9.17, 15) is 4.79 Å². The molecule has 0 radical (unpaired) electrons. The van der Waals surface area contributed by atoms with E-state index in [2.05, 4.69) is 46.6 Å². The summed E-state index contributed by atoms with van der Waals surface area (Å²) >= 11 is 5.99. The van der Waals surface area contributed by atoms with Crippen LogP contribution in [0.15, 0.2) is 46.8 Å². The van der Waals surface area contributed by atoms with Gasteiger partial charge in [-0.15, -0.1) is 0 Å². The normalized spacial score (nSPS) is 22.5. The highest BCUT2D eigenvalue weighted by molar-refractivity contribution is 6.30. The molecule has 1 aliphatic carbocycles. The van der Waals surface area contributed by atoms with Crippen molar-refractivity contribution in [1.82, 2.24) is 20.5 Å². The fraction of sp³-hybridized carbons (Fsp3) is 0.522. The van der Waals surface area contributed by atoms with E-state index in [4.69, 9.17) is 21.4 Å². The van der Waals surface area contributed by atoms with Crippen LogP contribution < -0.4 is 10.6 Å². The number of ether oxygens (including phenoxy) is 1. The number of rotatable bonds is 9. The molecule has 32 heavy (non-hydrogen) atoms. The molecule has 8 nitrogen and oxygen atoms in total. The van der Waals surface area contributed by atoms with Crippen molar-refractivity contribution in [1.29, 1.82) is 0 Å². The van der Waals surface area contributed by atoms with E-state index in [1.807, 2.05) is 11.0 Å². The molecule has 174 valence electrons. The largest absolute Gasteiger partial charge is 0.461 e. The first-order valence-corrected chi connectivity index (χ1v) is 11.4. The molecule has 0 bridgehead atoms. The fourth-order valence-corrected chi connectivity index (χ4v) is 3.84. The summed E-state index contributed by atoms with van der Waals surface area (Å²) < 4.78 is 6.36. The Kier molecular flexibility index (Phi) is 8.67. The Morgan fingerprint density at radius 2 is 2.28 bits per heavy atom. The van der Waals surface area contributed by atoms with Crippen molar-refractivity contribution in [2.75, 3.05) is 20.2 Å². The first-order chi connectivity index (χ1) is 15.4. The Morgan fingerprint density at radius 3 is 2.94 bits per heavy atom. The van der Waals surface area contributed by atoms with E-state index in [0.717, 1.165) is 24.3 Å². The van der Waals surface area contributed by atoms with Gasteiger partial charge in [0.1, 0.15) is 11.6 Å². The van der Waals surface area contributed by atoms with Gasteiger partial charge in [0.05, 0.1) is 10.7 Å². The van der Waals surface area contributed by atoms with E-state index < -0.39 is 12.4 Å². The van der Waals surface area contributed by atoms with Crippen LogP contribution in [0.1, 0.15) is 38.8 Å². The summed E-state index contributed by atoms with van der Waals surface area (Å²) in [6.07, 6.45) is 7.55. The number of carbonyl (C=O) groups is 1. The maximum absolute atomic E-state index is 13.0. The predicted octanol–water partition coefficient (Wildman–Crippen LogP) is 2.60. The van der Waals surface area contributed by atoms with Crippen molar-refractivity contribution in [2.45, 2.75) is 52.0 Å². The van der Waals surface area contributed by atoms with E-state index in [0.29, 0.717) is 36.3 Å². The van der Waals surface area contributed by atoms with Gasteiger partial charge in [0.15, 0.2) is 6.04 Å². The number of amides is 1. The third-order valence-electron chi connectivity index (χ3n) is 5.45. The Morgan fingerprint density at radius 1 is 1.47 bits per heavy atom. The van der Waals surface area contributed by atoms with Gasteiger partial charge in [-0.2, -0.15) is 0 Å². The number of halogens is 1. The molecular formula is C23H32ClN5O3. The number of allylic oxidation sites excluding steroid dienone is 4. The summed E-state index contributed by atoms with van der Waals surface area (Å²) in [6, 6.07) is 2.95. The van der Waals surface area contributed by atoms with Crippen LogP contribution in [0.5, 0.6) is 0 Å². The Balaban J connectivity index is 1.85. The van der Waals surface area contributed by atoms with Crippen LogP contribution in [-0.4, -0.2) is 59.3 Å². The highest BCUT2D eigenvalue weighted by Crippen LogP contribution is 2.27. The van der Waals surface area contributed by atoms with Crippen molar-refractivity contribution >= 4 is 23.3 Å². The molecule has 1 saturated heterocycles. The van der Waals surface area contributed by atoms with Crippen LogP contribution in [-0.2, 0) is 16.1 Å². The Hall–Kier alpha value is -2.42. The summed E-state index contributed by atoms with van der Waals surface area (Å²) in [5.41, 5.74) is 2.01. The van der Waals surface area contributed by atoms with E-state index in [1.165, 1.54) is 5.57 Å². The molecule has 1 aromatic rings. The van der Waals surface area contributed by atoms with Crippen molar-refractivity contribution < 1.29 is 14.6 Å². The highest BCUT2D eigenvalue weighted by atomic mass is 35.5. The maximum Gasteiger partial charge on any atom is 0.245 e. The number of nitrogens with one attached hydrogen (secondary N) is 2. The molecule has 1 amide bonds. The second kappa shape index (κ2) is 11.4. The molecule has 2 atom stereocenters. The SMILES string of the molecule is CN=C1NC(OC2=CC(C(C)C)=CCC2)N(Cc2ccc(Cl)cn2)C1C(=O)NCCCO. The molecule has 1 fully saturated rings. The molecule has 1 aromatic heterocycles. The zero-order chi connectivity index (χ0) is 23.1. The number of aliphatic hydroxyl groups excluding tert-OH is 1. The number of carbonyl (C=O) groups excluding carboxylic acids is 1. The first kappa shape index (κ1) is 24.2. The zero-order valence-corrected chi connectivity index (χ0v) is 19.6. The number of aromatic nitrogens is 1. The third-order valence-corrected chi connectivity index (χ3v) is 5.67. The molecule has 2 heterocycles. The standard InChI is InChI=1S/C23H32ClN5O3/c1-15(2)16-6-4-7-19(12-16)32-23-28-21(25-3)20(22(31)26-10-5-11-30)29(23)14-18-9-8-17(24)13-27-18/h6,8-9,12-13,15,20,23,30H,4-5,7,10-11,14H2,1-3H3,(H,25,28)(H,26,31). The smallest absolute Gasteiger partial charge is 0.245 e. The summed E-state index contributed by atoms with van der Waals surface area (Å²) in [5.74, 6) is 1.62. The van der Waals surface area contributed by atoms with Gasteiger partial charge in [-0.1, -0.05) is 31.5 Å². The van der Waals surface area contributed by atoms with E-state index in [-0.39, 0.29) is 12.5 Å². The lowest BCUT2D eigenvalue weighted by Gasteiger charge is -2.29. The van der Waals surface area contributed by atoms with Crippen molar-refractivity contribution in [3.05, 3.63) is 52.5 Å². The zero-order valence-electron chi connectivity index (χ0n) is 18.8. The quantitative estimate of drug-likeness (QED) is 0.489. The fourth-order valence-electron chi connectivity index (χ4n) is 3.72. The van der Waals surface area contributed by atoms with Gasteiger partial charge in [0.2, 0.25) is 12.3 Å². The maximum atomic E-state index is 13.0. The molecule has 2 aliphatic rings. The minimum atomic E-state index is -0.662. The first-order valence-electron chi connectivity index (χ1n) is 11.0. The summed E-state index contributed by atoms with van der Waals surface area (Å²) in [6.45, 7) is 5.08. The molecule has 1 aliphatic heterocycles. The second-order valence-electron chi connectivity index (χ2n) is 8.14. The molecule has 3 rings (SSSR count). The van der Waals surface area contributed by atoms with Crippen LogP contribution in [0.25, 0.3) is 0 Å². The summed E-state index contributed by atoms with van der Waals surface area (Å²) in [5, 5.41) is 15.7. The number of hydrogen-bond donors (Lipinski definition) is 3. The lowest BCUT2D eigenvalue weighted by molar-refractivity contribution is -0.127. The molecule has 0 spiro atoms. The number of aliphatic imine (C=N–C) groups is 1. The number of nitrogens with zero attached hydrogens (tertiary/aromatic N) is 3. The van der Waals surface area contributed by atoms with Crippen LogP contribution in [0, 0.1) is 5.92 Å². The van der Waals surface area contributed by atoms with E-state index >= 15 is 0 Å². The molecular weight excluding hydrogens is 430 g/mol. The minimum Gasteiger partial charge on any atom is -0.461 e. The third kappa shape index (κ3) is 6.09. The van der Waals surface area contributed by atoms with Gasteiger partial charge in [0, 0.05) is 39.4 Å². The van der Waals surface area contributed by atoms with E-state index in [1.54, 1.807) is 19.3 Å². The number of amidine groups is 1. The Labute approximate surface area is 194 Å². The molecule has 9 heteroatoms. The predicted molar refractivity (Wildman–Crippen MR) is 125 cm³/mol. The number of pyridine rings is 1. The average Bonchev–Trinajstić information content (AvgIpc) is 3.12. The van der Waals surface area contributed by atoms with Crippen molar-refractivity contribution in [2.24, 2.45) is 10.9 Å². The molecule has 3 N–H and O–H groups in total. The minimum absolute atomic E-state index is 0.0158. The van der Waals surface area contributed by atoms with Gasteiger partial charge in [0.25, 0.3) is 0 Å². The van der Waals surface area contributed by atoms with Gasteiger partial charge in [-0.25, -0.2) is 4.90 Å². The van der Waals surface area contributed by atoms with Gasteiger partial charge >= 0.3 is 0 Å². The topological polar surface area (TPSA) is 99.1 Å². The monoisotopic (exact) mass is 461 g/mol. The second-order valence-corrected chi connectivity index (χ2v) is 8.58. The van der Waals surface area contributed by atoms with Gasteiger partial charge in [-0.3, -0.25) is 14.8 Å². The Bertz CT molecular complexity index is 882. The number of aliphatic hydroxyl groups is 1. The molecule has 2 unspecified atom stereocenters. The molecule has 0 aromatic carbocycles. The highest BCUT2D eigenvalue weighted by Gasteiger charge is 2.44. The number of hydrogen-bond acceptors (Lipinski definition) is 6.